The van der Waals surface area contributed by atoms with Gasteiger partial charge in [-0.3, -0.25) is 4.79 Å². The zero-order valence-electron chi connectivity index (χ0n) is 10.9. The maximum absolute atomic E-state index is 11.0. The lowest BCUT2D eigenvalue weighted by Gasteiger charge is -2.30. The lowest BCUT2D eigenvalue weighted by Crippen LogP contribution is -2.33. The Morgan fingerprint density at radius 3 is 2.61 bits per heavy atom. The van der Waals surface area contributed by atoms with Gasteiger partial charge in [-0.2, -0.15) is 0 Å². The van der Waals surface area contributed by atoms with Crippen molar-refractivity contribution in [2.45, 2.75) is 39.1 Å². The van der Waals surface area contributed by atoms with Gasteiger partial charge in [0, 0.05) is 6.92 Å². The molecule has 3 heteroatoms. The Bertz CT molecular complexity index is 465. The van der Waals surface area contributed by atoms with E-state index in [1.165, 1.54) is 12.5 Å². The van der Waals surface area contributed by atoms with Gasteiger partial charge in [0.1, 0.15) is 12.2 Å². The first-order chi connectivity index (χ1) is 8.58. The quantitative estimate of drug-likeness (QED) is 0.594. The molecule has 0 spiro atoms. The first kappa shape index (κ1) is 12.8. The predicted molar refractivity (Wildman–Crippen MR) is 69.2 cm³/mol. The molecule has 0 bridgehead atoms. The van der Waals surface area contributed by atoms with E-state index >= 15 is 0 Å². The lowest BCUT2D eigenvalue weighted by molar-refractivity contribution is -0.153. The molecule has 0 amide bonds. The molecular weight excluding hydrogens is 228 g/mol. The third-order valence-electron chi connectivity index (χ3n) is 3.10. The highest BCUT2D eigenvalue weighted by Gasteiger charge is 2.26. The second-order valence-electron chi connectivity index (χ2n) is 4.58. The van der Waals surface area contributed by atoms with Crippen LogP contribution in [0.5, 0.6) is 0 Å². The van der Waals surface area contributed by atoms with Crippen LogP contribution in [-0.2, 0) is 14.3 Å². The SMILES string of the molecule is CC(=O)O[C@@H]1C=C[C@H](c2ccccc2C)O[C@H]1C. The van der Waals surface area contributed by atoms with Gasteiger partial charge in [0.15, 0.2) is 0 Å². The smallest absolute Gasteiger partial charge is 0.303 e. The van der Waals surface area contributed by atoms with E-state index in [9.17, 15) is 4.79 Å². The second-order valence-corrected chi connectivity index (χ2v) is 4.58. The van der Waals surface area contributed by atoms with E-state index < -0.39 is 0 Å². The van der Waals surface area contributed by atoms with Gasteiger partial charge in [-0.15, -0.1) is 0 Å². The minimum atomic E-state index is -0.289. The van der Waals surface area contributed by atoms with E-state index in [2.05, 4.69) is 19.1 Å². The number of hydrogen-bond donors (Lipinski definition) is 0. The summed E-state index contributed by atoms with van der Waals surface area (Å²) < 4.78 is 11.1. The molecule has 3 atom stereocenters. The highest BCUT2D eigenvalue weighted by atomic mass is 16.6. The van der Waals surface area contributed by atoms with Gasteiger partial charge < -0.3 is 9.47 Å². The molecule has 0 radical (unpaired) electrons. The summed E-state index contributed by atoms with van der Waals surface area (Å²) in [6.07, 6.45) is 3.38. The number of benzene rings is 1. The fraction of sp³-hybridized carbons (Fsp3) is 0.400. The Labute approximate surface area is 107 Å². The fourth-order valence-corrected chi connectivity index (χ4v) is 2.13. The van der Waals surface area contributed by atoms with Gasteiger partial charge >= 0.3 is 5.97 Å². The van der Waals surface area contributed by atoms with Gasteiger partial charge in [-0.1, -0.05) is 30.3 Å². The van der Waals surface area contributed by atoms with Gasteiger partial charge in [-0.05, 0) is 31.1 Å². The molecule has 1 aromatic carbocycles. The third kappa shape index (κ3) is 2.79. The normalized spacial score (nSPS) is 26.9. The van der Waals surface area contributed by atoms with Crippen LogP contribution in [-0.4, -0.2) is 18.2 Å². The van der Waals surface area contributed by atoms with Crippen molar-refractivity contribution >= 4 is 5.97 Å². The van der Waals surface area contributed by atoms with E-state index in [-0.39, 0.29) is 24.3 Å². The van der Waals surface area contributed by atoms with E-state index in [0.717, 1.165) is 5.56 Å². The van der Waals surface area contributed by atoms with Crippen LogP contribution in [0.1, 0.15) is 31.1 Å². The summed E-state index contributed by atoms with van der Waals surface area (Å²) in [5.74, 6) is -0.283. The summed E-state index contributed by atoms with van der Waals surface area (Å²) in [5, 5.41) is 0. The van der Waals surface area contributed by atoms with E-state index in [0.29, 0.717) is 0 Å². The molecule has 1 aromatic rings. The monoisotopic (exact) mass is 246 g/mol. The average molecular weight is 246 g/mol. The Kier molecular flexibility index (Phi) is 3.82. The van der Waals surface area contributed by atoms with Crippen LogP contribution in [0.2, 0.25) is 0 Å². The van der Waals surface area contributed by atoms with Gasteiger partial charge in [-0.25, -0.2) is 0 Å². The number of hydrogen-bond acceptors (Lipinski definition) is 3. The van der Waals surface area contributed by atoms with Crippen molar-refractivity contribution in [1.82, 2.24) is 0 Å². The maximum Gasteiger partial charge on any atom is 0.303 e. The number of aryl methyl sites for hydroxylation is 1. The molecule has 18 heavy (non-hydrogen) atoms. The molecule has 0 saturated carbocycles. The molecular formula is C15H18O3. The zero-order valence-corrected chi connectivity index (χ0v) is 10.9. The third-order valence-corrected chi connectivity index (χ3v) is 3.10. The predicted octanol–water partition coefficient (Wildman–Crippen LogP) is 2.94. The topological polar surface area (TPSA) is 35.5 Å². The van der Waals surface area contributed by atoms with Crippen LogP contribution in [0.25, 0.3) is 0 Å². The summed E-state index contributed by atoms with van der Waals surface area (Å²) in [6.45, 7) is 5.39. The molecule has 96 valence electrons. The summed E-state index contributed by atoms with van der Waals surface area (Å²) >= 11 is 0. The molecule has 1 aliphatic heterocycles. The molecule has 3 nitrogen and oxygen atoms in total. The van der Waals surface area contributed by atoms with Crippen LogP contribution in [0.15, 0.2) is 36.4 Å². The van der Waals surface area contributed by atoms with Crippen LogP contribution in [0.3, 0.4) is 0 Å². The first-order valence-corrected chi connectivity index (χ1v) is 6.14. The van der Waals surface area contributed by atoms with E-state index in [4.69, 9.17) is 9.47 Å². The highest BCUT2D eigenvalue weighted by Crippen LogP contribution is 2.29. The van der Waals surface area contributed by atoms with Gasteiger partial charge in [0.05, 0.1) is 6.10 Å². The Balaban J connectivity index is 2.16. The molecule has 0 fully saturated rings. The molecule has 0 aromatic heterocycles. The summed E-state index contributed by atoms with van der Waals surface area (Å²) in [4.78, 5) is 11.0. The minimum Gasteiger partial charge on any atom is -0.456 e. The molecule has 0 saturated heterocycles. The molecule has 0 N–H and O–H groups in total. The minimum absolute atomic E-state index is 0.0620. The summed E-state index contributed by atoms with van der Waals surface area (Å²) in [5.41, 5.74) is 2.35. The van der Waals surface area contributed by atoms with Crippen molar-refractivity contribution in [3.05, 3.63) is 47.5 Å². The van der Waals surface area contributed by atoms with Crippen molar-refractivity contribution in [2.24, 2.45) is 0 Å². The number of rotatable bonds is 2. The molecule has 1 aliphatic rings. The standard InChI is InChI=1S/C15H18O3/c1-10-6-4-5-7-13(10)15-9-8-14(11(2)17-15)18-12(3)16/h4-9,11,14-15H,1-3H3/t11-,14+,15+/m0/s1. The van der Waals surface area contributed by atoms with Crippen LogP contribution in [0, 0.1) is 6.92 Å². The Hall–Kier alpha value is -1.61. The number of carbonyl (C=O) groups is 1. The van der Waals surface area contributed by atoms with Crippen LogP contribution >= 0.6 is 0 Å². The number of carbonyl (C=O) groups excluding carboxylic acids is 1. The van der Waals surface area contributed by atoms with Crippen molar-refractivity contribution in [1.29, 1.82) is 0 Å². The fourth-order valence-electron chi connectivity index (χ4n) is 2.13. The van der Waals surface area contributed by atoms with Crippen molar-refractivity contribution < 1.29 is 14.3 Å². The number of ether oxygens (including phenoxy) is 2. The van der Waals surface area contributed by atoms with E-state index in [1.54, 1.807) is 0 Å². The van der Waals surface area contributed by atoms with E-state index in [1.807, 2.05) is 31.2 Å². The maximum atomic E-state index is 11.0. The van der Waals surface area contributed by atoms with Crippen LogP contribution in [0.4, 0.5) is 0 Å². The van der Waals surface area contributed by atoms with Gasteiger partial charge in [0.2, 0.25) is 0 Å². The Morgan fingerprint density at radius 1 is 1.28 bits per heavy atom. The molecule has 2 rings (SSSR count). The second kappa shape index (κ2) is 5.36. The first-order valence-electron chi connectivity index (χ1n) is 6.14. The van der Waals surface area contributed by atoms with Crippen molar-refractivity contribution in [3.63, 3.8) is 0 Å². The highest BCUT2D eigenvalue weighted by molar-refractivity contribution is 5.66. The van der Waals surface area contributed by atoms with Gasteiger partial charge in [0.25, 0.3) is 0 Å². The summed E-state index contributed by atoms with van der Waals surface area (Å²) in [7, 11) is 0. The van der Waals surface area contributed by atoms with Crippen molar-refractivity contribution in [3.8, 4) is 0 Å². The molecule has 0 aliphatic carbocycles. The lowest BCUT2D eigenvalue weighted by atomic mass is 10.00. The average Bonchev–Trinajstić information content (AvgIpc) is 2.32. The van der Waals surface area contributed by atoms with Crippen molar-refractivity contribution in [2.75, 3.05) is 0 Å². The molecule has 1 heterocycles. The Morgan fingerprint density at radius 2 is 2.00 bits per heavy atom. The zero-order chi connectivity index (χ0) is 13.1. The summed E-state index contributed by atoms with van der Waals surface area (Å²) in [6, 6.07) is 8.14. The number of esters is 1. The molecule has 0 unspecified atom stereocenters. The van der Waals surface area contributed by atoms with Crippen LogP contribution < -0.4 is 0 Å². The largest absolute Gasteiger partial charge is 0.456 e.